The van der Waals surface area contributed by atoms with E-state index < -0.39 is 6.10 Å². The van der Waals surface area contributed by atoms with Crippen molar-refractivity contribution in [3.63, 3.8) is 0 Å². The molecule has 2 N–H and O–H groups in total. The van der Waals surface area contributed by atoms with Crippen molar-refractivity contribution in [3.05, 3.63) is 35.9 Å². The first kappa shape index (κ1) is 14.9. The van der Waals surface area contributed by atoms with Crippen LogP contribution in [0.3, 0.4) is 0 Å². The molecule has 0 aromatic heterocycles. The monoisotopic (exact) mass is 303 g/mol. The molecule has 0 saturated heterocycles. The van der Waals surface area contributed by atoms with Gasteiger partial charge in [-0.05, 0) is 43.4 Å². The van der Waals surface area contributed by atoms with Gasteiger partial charge < -0.3 is 19.9 Å². The molecule has 0 radical (unpaired) electrons. The number of rotatable bonds is 5. The zero-order valence-electron chi connectivity index (χ0n) is 12.5. The van der Waals surface area contributed by atoms with E-state index in [1.807, 2.05) is 6.07 Å². The maximum atomic E-state index is 12.0. The van der Waals surface area contributed by atoms with Crippen LogP contribution in [-0.4, -0.2) is 24.4 Å². The summed E-state index contributed by atoms with van der Waals surface area (Å²) in [6.45, 7) is 0.690. The standard InChI is InChI=1S/C17H21NO4/c19-14(13-6-7-15-16(10-13)22-11-21-15)8-9-18-17(20)12-4-2-1-3-5-12/h1-2,6-7,10,12,14,19H,3-5,8-9,11H2,(H,18,20)/t12-,14+/m0/s1. The summed E-state index contributed by atoms with van der Waals surface area (Å²) in [5.41, 5.74) is 0.777. The predicted octanol–water partition coefficient (Wildman–Crippen LogP) is 2.31. The van der Waals surface area contributed by atoms with Crippen LogP contribution in [0.4, 0.5) is 0 Å². The number of carbonyl (C=O) groups excluding carboxylic acids is 1. The molecule has 0 bridgehead atoms. The van der Waals surface area contributed by atoms with Crippen LogP contribution in [0.25, 0.3) is 0 Å². The minimum atomic E-state index is -0.624. The van der Waals surface area contributed by atoms with E-state index in [1.54, 1.807) is 12.1 Å². The van der Waals surface area contributed by atoms with E-state index in [4.69, 9.17) is 9.47 Å². The molecule has 0 unspecified atom stereocenters. The number of hydrogen-bond acceptors (Lipinski definition) is 4. The molecule has 0 fully saturated rings. The van der Waals surface area contributed by atoms with Crippen LogP contribution in [0.2, 0.25) is 0 Å². The molecular formula is C17H21NO4. The number of hydrogen-bond donors (Lipinski definition) is 2. The van der Waals surface area contributed by atoms with Crippen LogP contribution in [-0.2, 0) is 4.79 Å². The molecule has 1 aromatic rings. The van der Waals surface area contributed by atoms with Gasteiger partial charge in [-0.15, -0.1) is 0 Å². The van der Waals surface area contributed by atoms with E-state index >= 15 is 0 Å². The average Bonchev–Trinajstić information content (AvgIpc) is 3.03. The minimum Gasteiger partial charge on any atom is -0.454 e. The van der Waals surface area contributed by atoms with Gasteiger partial charge in [0.15, 0.2) is 11.5 Å². The topological polar surface area (TPSA) is 67.8 Å². The molecule has 5 heteroatoms. The minimum absolute atomic E-state index is 0.0766. The lowest BCUT2D eigenvalue weighted by atomic mass is 9.93. The summed E-state index contributed by atoms with van der Waals surface area (Å²) in [6.07, 6.45) is 6.73. The van der Waals surface area contributed by atoms with Crippen LogP contribution >= 0.6 is 0 Å². The Labute approximate surface area is 129 Å². The van der Waals surface area contributed by atoms with E-state index in [1.165, 1.54) is 0 Å². The number of allylic oxidation sites excluding steroid dienone is 2. The fourth-order valence-corrected chi connectivity index (χ4v) is 2.80. The number of benzene rings is 1. The first-order valence-electron chi connectivity index (χ1n) is 7.74. The Hall–Kier alpha value is -2.01. The molecule has 1 amide bonds. The first-order valence-corrected chi connectivity index (χ1v) is 7.74. The Bertz CT molecular complexity index is 570. The lowest BCUT2D eigenvalue weighted by Gasteiger charge is -2.18. The highest BCUT2D eigenvalue weighted by Crippen LogP contribution is 2.34. The number of amides is 1. The van der Waals surface area contributed by atoms with Crippen LogP contribution in [0.1, 0.15) is 37.4 Å². The summed E-state index contributed by atoms with van der Waals surface area (Å²) in [5, 5.41) is 13.1. The quantitative estimate of drug-likeness (QED) is 0.819. The van der Waals surface area contributed by atoms with E-state index in [0.717, 1.165) is 24.8 Å². The van der Waals surface area contributed by atoms with Crippen molar-refractivity contribution in [3.8, 4) is 11.5 Å². The number of nitrogens with one attached hydrogen (secondary N) is 1. The normalized spacial score (nSPS) is 20.7. The Kier molecular flexibility index (Phi) is 4.63. The van der Waals surface area contributed by atoms with Crippen LogP contribution in [0.15, 0.2) is 30.4 Å². The molecule has 2 aliphatic rings. The van der Waals surface area contributed by atoms with Crippen molar-refractivity contribution in [2.24, 2.45) is 5.92 Å². The molecule has 1 heterocycles. The second kappa shape index (κ2) is 6.83. The maximum Gasteiger partial charge on any atom is 0.231 e. The molecule has 1 aromatic carbocycles. The molecule has 1 aliphatic carbocycles. The van der Waals surface area contributed by atoms with Crippen molar-refractivity contribution in [1.29, 1.82) is 0 Å². The number of aliphatic hydroxyl groups is 1. The lowest BCUT2D eigenvalue weighted by Crippen LogP contribution is -2.32. The summed E-state index contributed by atoms with van der Waals surface area (Å²) >= 11 is 0. The summed E-state index contributed by atoms with van der Waals surface area (Å²) in [6, 6.07) is 5.42. The van der Waals surface area contributed by atoms with Crippen LogP contribution in [0.5, 0.6) is 11.5 Å². The summed E-state index contributed by atoms with van der Waals surface area (Å²) in [4.78, 5) is 12.0. The van der Waals surface area contributed by atoms with Crippen molar-refractivity contribution < 1.29 is 19.4 Å². The molecular weight excluding hydrogens is 282 g/mol. The van der Waals surface area contributed by atoms with Crippen molar-refractivity contribution >= 4 is 5.91 Å². The SMILES string of the molecule is O=C(NCC[C@@H](O)c1ccc2c(c1)OCO2)[C@H]1CC=CCC1. The summed E-state index contributed by atoms with van der Waals surface area (Å²) in [5.74, 6) is 1.53. The van der Waals surface area contributed by atoms with Gasteiger partial charge in [-0.2, -0.15) is 0 Å². The zero-order chi connectivity index (χ0) is 15.4. The van der Waals surface area contributed by atoms with Gasteiger partial charge in [0.25, 0.3) is 0 Å². The van der Waals surface area contributed by atoms with E-state index in [0.29, 0.717) is 24.5 Å². The Balaban J connectivity index is 1.47. The zero-order valence-corrected chi connectivity index (χ0v) is 12.5. The largest absolute Gasteiger partial charge is 0.454 e. The molecule has 0 spiro atoms. The number of fused-ring (bicyclic) bond motifs is 1. The Morgan fingerprint density at radius 1 is 1.32 bits per heavy atom. The molecule has 1 aliphatic heterocycles. The van der Waals surface area contributed by atoms with Gasteiger partial charge in [-0.25, -0.2) is 0 Å². The third-order valence-electron chi connectivity index (χ3n) is 4.14. The first-order chi connectivity index (χ1) is 10.7. The van der Waals surface area contributed by atoms with E-state index in [2.05, 4.69) is 17.5 Å². The third-order valence-corrected chi connectivity index (χ3v) is 4.14. The highest BCUT2D eigenvalue weighted by molar-refractivity contribution is 5.78. The third kappa shape index (κ3) is 3.42. The Morgan fingerprint density at radius 3 is 3.00 bits per heavy atom. The highest BCUT2D eigenvalue weighted by atomic mass is 16.7. The van der Waals surface area contributed by atoms with Crippen molar-refractivity contribution in [2.75, 3.05) is 13.3 Å². The van der Waals surface area contributed by atoms with E-state index in [9.17, 15) is 9.90 Å². The van der Waals surface area contributed by atoms with Gasteiger partial charge in [-0.1, -0.05) is 18.2 Å². The second-order valence-corrected chi connectivity index (χ2v) is 5.69. The Morgan fingerprint density at radius 2 is 2.18 bits per heavy atom. The predicted molar refractivity (Wildman–Crippen MR) is 81.6 cm³/mol. The average molecular weight is 303 g/mol. The molecule has 2 atom stereocenters. The van der Waals surface area contributed by atoms with Gasteiger partial charge in [0.1, 0.15) is 0 Å². The highest BCUT2D eigenvalue weighted by Gasteiger charge is 2.19. The number of ether oxygens (including phenoxy) is 2. The van der Waals surface area contributed by atoms with Crippen molar-refractivity contribution in [1.82, 2.24) is 5.32 Å². The fraction of sp³-hybridized carbons (Fsp3) is 0.471. The maximum absolute atomic E-state index is 12.0. The van der Waals surface area contributed by atoms with Gasteiger partial charge in [0.05, 0.1) is 6.10 Å². The molecule has 22 heavy (non-hydrogen) atoms. The smallest absolute Gasteiger partial charge is 0.231 e. The summed E-state index contributed by atoms with van der Waals surface area (Å²) in [7, 11) is 0. The molecule has 0 saturated carbocycles. The molecule has 5 nitrogen and oxygen atoms in total. The van der Waals surface area contributed by atoms with Gasteiger partial charge in [0.2, 0.25) is 12.7 Å². The van der Waals surface area contributed by atoms with Crippen LogP contribution in [0, 0.1) is 5.92 Å². The van der Waals surface area contributed by atoms with Gasteiger partial charge >= 0.3 is 0 Å². The van der Waals surface area contributed by atoms with Gasteiger partial charge in [0, 0.05) is 12.5 Å². The fourth-order valence-electron chi connectivity index (χ4n) is 2.80. The van der Waals surface area contributed by atoms with E-state index in [-0.39, 0.29) is 18.6 Å². The lowest BCUT2D eigenvalue weighted by molar-refractivity contribution is -0.125. The van der Waals surface area contributed by atoms with Crippen molar-refractivity contribution in [2.45, 2.75) is 31.8 Å². The second-order valence-electron chi connectivity index (χ2n) is 5.69. The summed E-state index contributed by atoms with van der Waals surface area (Å²) < 4.78 is 10.5. The molecule has 3 rings (SSSR count). The number of carbonyl (C=O) groups is 1. The van der Waals surface area contributed by atoms with Crippen LogP contribution < -0.4 is 14.8 Å². The van der Waals surface area contributed by atoms with Gasteiger partial charge in [-0.3, -0.25) is 4.79 Å². The number of aliphatic hydroxyl groups excluding tert-OH is 1. The molecule has 118 valence electrons.